The molecular formula is C24H28ClFN6O2. The van der Waals surface area contributed by atoms with E-state index in [1.807, 2.05) is 12.1 Å². The average molecular weight is 487 g/mol. The number of anilines is 2. The molecule has 3 aromatic rings. The lowest BCUT2D eigenvalue weighted by molar-refractivity contribution is -0.132. The first-order valence-electron chi connectivity index (χ1n) is 11.1. The van der Waals surface area contributed by atoms with Crippen molar-refractivity contribution in [3.05, 3.63) is 53.1 Å². The lowest BCUT2D eigenvalue weighted by atomic mass is 9.87. The van der Waals surface area contributed by atoms with E-state index >= 15 is 0 Å². The van der Waals surface area contributed by atoms with Gasteiger partial charge in [-0.3, -0.25) is 9.69 Å². The first kappa shape index (κ1) is 24.1. The van der Waals surface area contributed by atoms with E-state index in [2.05, 4.69) is 39.3 Å². The van der Waals surface area contributed by atoms with E-state index < -0.39 is 11.4 Å². The van der Waals surface area contributed by atoms with Gasteiger partial charge in [-0.25, -0.2) is 14.4 Å². The Kier molecular flexibility index (Phi) is 6.88. The van der Waals surface area contributed by atoms with Gasteiger partial charge in [-0.05, 0) is 44.0 Å². The number of amides is 1. The van der Waals surface area contributed by atoms with Gasteiger partial charge < -0.3 is 21.1 Å². The van der Waals surface area contributed by atoms with E-state index in [0.717, 1.165) is 5.56 Å². The summed E-state index contributed by atoms with van der Waals surface area (Å²) in [7, 11) is 1.59. The number of nitrogens with zero attached hydrogens (tertiary/aromatic N) is 3. The molecule has 1 aliphatic rings. The highest BCUT2D eigenvalue weighted by Gasteiger charge is 2.48. The first-order valence-corrected chi connectivity index (χ1v) is 11.4. The fourth-order valence-electron chi connectivity index (χ4n) is 4.15. The molecule has 4 N–H and O–H groups in total. The summed E-state index contributed by atoms with van der Waals surface area (Å²) in [5.41, 5.74) is 6.73. The number of primary amides is 1. The minimum Gasteiger partial charge on any atom is -0.496 e. The molecule has 8 nitrogen and oxygen atoms in total. The molecule has 1 fully saturated rings. The molecule has 0 aliphatic carbocycles. The summed E-state index contributed by atoms with van der Waals surface area (Å²) >= 11 is 5.92. The molecule has 0 spiro atoms. The largest absolute Gasteiger partial charge is 0.496 e. The van der Waals surface area contributed by atoms with Gasteiger partial charge in [0.25, 0.3) is 0 Å². The Hall–Kier alpha value is -3.01. The predicted octanol–water partition coefficient (Wildman–Crippen LogP) is 3.25. The zero-order valence-electron chi connectivity index (χ0n) is 19.4. The molecular weight excluding hydrogens is 459 g/mol. The number of fused-ring (bicyclic) bond motifs is 1. The van der Waals surface area contributed by atoms with Crippen molar-refractivity contribution in [3.63, 3.8) is 0 Å². The van der Waals surface area contributed by atoms with Gasteiger partial charge in [0.05, 0.1) is 23.3 Å². The number of carbonyl (C=O) groups excluding carboxylic acids is 1. The number of carbonyl (C=O) groups is 1. The van der Waals surface area contributed by atoms with Crippen LogP contribution in [0.25, 0.3) is 10.9 Å². The normalized spacial score (nSPS) is 15.4. The Morgan fingerprint density at radius 3 is 2.76 bits per heavy atom. The van der Waals surface area contributed by atoms with Crippen LogP contribution in [0.1, 0.15) is 19.4 Å². The Morgan fingerprint density at radius 2 is 2.09 bits per heavy atom. The van der Waals surface area contributed by atoms with Crippen molar-refractivity contribution < 1.29 is 13.9 Å². The van der Waals surface area contributed by atoms with Crippen molar-refractivity contribution in [3.8, 4) is 5.75 Å². The molecule has 2 heterocycles. The van der Waals surface area contributed by atoms with Crippen LogP contribution in [0.3, 0.4) is 0 Å². The summed E-state index contributed by atoms with van der Waals surface area (Å²) < 4.78 is 20.0. The van der Waals surface area contributed by atoms with Gasteiger partial charge in [0.2, 0.25) is 5.91 Å². The number of hydrogen-bond acceptors (Lipinski definition) is 7. The standard InChI is InChI=1S/C24H28ClFN6O2/c1-14(2)32-11-24(12-32,23(27)33)30-8-7-15-9-16-19(10-20(15)34-3)28-13-29-22(16)31-18-6-4-5-17(25)21(18)26/h4-6,9-10,13-14,30H,7-8,11-12H2,1-3H3,(H2,27,33)(H,28,29,31). The summed E-state index contributed by atoms with van der Waals surface area (Å²) in [5.74, 6) is 0.210. The molecule has 10 heteroatoms. The second-order valence-electron chi connectivity index (χ2n) is 8.75. The lowest BCUT2D eigenvalue weighted by Crippen LogP contribution is -2.76. The number of likely N-dealkylation sites (tertiary alicyclic amines) is 1. The second kappa shape index (κ2) is 9.69. The highest BCUT2D eigenvalue weighted by molar-refractivity contribution is 6.31. The predicted molar refractivity (Wildman–Crippen MR) is 131 cm³/mol. The number of methoxy groups -OCH3 is 1. The molecule has 0 bridgehead atoms. The average Bonchev–Trinajstić information content (AvgIpc) is 2.77. The van der Waals surface area contributed by atoms with Crippen LogP contribution in [0.2, 0.25) is 5.02 Å². The van der Waals surface area contributed by atoms with E-state index in [9.17, 15) is 9.18 Å². The van der Waals surface area contributed by atoms with Gasteiger partial charge >= 0.3 is 0 Å². The van der Waals surface area contributed by atoms with Gasteiger partial charge in [0, 0.05) is 37.1 Å². The van der Waals surface area contributed by atoms with Gasteiger partial charge in [-0.1, -0.05) is 17.7 Å². The summed E-state index contributed by atoms with van der Waals surface area (Å²) in [5, 5.41) is 7.09. The van der Waals surface area contributed by atoms with Crippen LogP contribution in [0, 0.1) is 5.82 Å². The Morgan fingerprint density at radius 1 is 1.32 bits per heavy atom. The number of nitrogens with two attached hydrogens (primary N) is 1. The van der Waals surface area contributed by atoms with Crippen molar-refractivity contribution in [2.24, 2.45) is 5.73 Å². The van der Waals surface area contributed by atoms with Crippen LogP contribution in [-0.2, 0) is 11.2 Å². The molecule has 2 aromatic carbocycles. The maximum atomic E-state index is 14.4. The summed E-state index contributed by atoms with van der Waals surface area (Å²) in [6.07, 6.45) is 1.98. The number of benzene rings is 2. The Balaban J connectivity index is 1.57. The first-order chi connectivity index (χ1) is 16.2. The van der Waals surface area contributed by atoms with Crippen molar-refractivity contribution in [1.82, 2.24) is 20.2 Å². The molecule has 34 heavy (non-hydrogen) atoms. The molecule has 180 valence electrons. The van der Waals surface area contributed by atoms with E-state index in [0.29, 0.717) is 54.6 Å². The molecule has 0 unspecified atom stereocenters. The van der Waals surface area contributed by atoms with Crippen molar-refractivity contribution in [1.29, 1.82) is 0 Å². The van der Waals surface area contributed by atoms with Crippen molar-refractivity contribution in [2.45, 2.75) is 31.8 Å². The zero-order chi connectivity index (χ0) is 24.5. The fourth-order valence-corrected chi connectivity index (χ4v) is 4.32. The maximum absolute atomic E-state index is 14.4. The Labute approximate surface area is 202 Å². The molecule has 1 saturated heterocycles. The number of ether oxygens (including phenoxy) is 1. The SMILES string of the molecule is COc1cc2ncnc(Nc3cccc(Cl)c3F)c2cc1CCNC1(C(N)=O)CN(C(C)C)C1. The molecule has 4 rings (SSSR count). The van der Waals surface area contributed by atoms with Crippen LogP contribution in [0.15, 0.2) is 36.7 Å². The third kappa shape index (κ3) is 4.64. The smallest absolute Gasteiger partial charge is 0.240 e. The lowest BCUT2D eigenvalue weighted by Gasteiger charge is -2.50. The van der Waals surface area contributed by atoms with Crippen molar-refractivity contribution in [2.75, 3.05) is 32.1 Å². The molecule has 1 aliphatic heterocycles. The molecule has 0 saturated carbocycles. The molecule has 1 amide bonds. The minimum absolute atomic E-state index is 0.0206. The van der Waals surface area contributed by atoms with Crippen LogP contribution < -0.4 is 21.1 Å². The third-order valence-electron chi connectivity index (χ3n) is 6.25. The Bertz CT molecular complexity index is 1220. The van der Waals surface area contributed by atoms with Gasteiger partial charge in [0.1, 0.15) is 23.4 Å². The highest BCUT2D eigenvalue weighted by Crippen LogP contribution is 2.32. The molecule has 0 atom stereocenters. The van der Waals surface area contributed by atoms with Crippen LogP contribution in [-0.4, -0.2) is 59.1 Å². The highest BCUT2D eigenvalue weighted by atomic mass is 35.5. The summed E-state index contributed by atoms with van der Waals surface area (Å²) in [6.45, 7) is 5.88. The van der Waals surface area contributed by atoms with Crippen LogP contribution in [0.5, 0.6) is 5.75 Å². The fraction of sp³-hybridized carbons (Fsp3) is 0.375. The molecule has 0 radical (unpaired) electrons. The monoisotopic (exact) mass is 486 g/mol. The second-order valence-corrected chi connectivity index (χ2v) is 9.16. The van der Waals surface area contributed by atoms with E-state index in [-0.39, 0.29) is 16.6 Å². The summed E-state index contributed by atoms with van der Waals surface area (Å²) in [4.78, 5) is 23.0. The van der Waals surface area contributed by atoms with E-state index in [1.165, 1.54) is 12.4 Å². The number of aromatic nitrogens is 2. The number of halogens is 2. The topological polar surface area (TPSA) is 105 Å². The van der Waals surface area contributed by atoms with E-state index in [1.54, 1.807) is 19.2 Å². The van der Waals surface area contributed by atoms with Crippen molar-refractivity contribution >= 4 is 39.9 Å². The number of nitrogens with one attached hydrogen (secondary N) is 2. The minimum atomic E-state index is -0.728. The number of hydrogen-bond donors (Lipinski definition) is 3. The summed E-state index contributed by atoms with van der Waals surface area (Å²) in [6, 6.07) is 8.82. The van der Waals surface area contributed by atoms with Gasteiger partial charge in [-0.2, -0.15) is 0 Å². The quantitative estimate of drug-likeness (QED) is 0.426. The van der Waals surface area contributed by atoms with Gasteiger partial charge in [-0.15, -0.1) is 0 Å². The maximum Gasteiger partial charge on any atom is 0.240 e. The van der Waals surface area contributed by atoms with Gasteiger partial charge in [0.15, 0.2) is 5.82 Å². The van der Waals surface area contributed by atoms with Crippen LogP contribution in [0.4, 0.5) is 15.9 Å². The zero-order valence-corrected chi connectivity index (χ0v) is 20.1. The molecule has 1 aromatic heterocycles. The van der Waals surface area contributed by atoms with Crippen LogP contribution >= 0.6 is 11.6 Å². The number of rotatable bonds is 9. The van der Waals surface area contributed by atoms with E-state index in [4.69, 9.17) is 22.1 Å². The third-order valence-corrected chi connectivity index (χ3v) is 6.54.